The Morgan fingerprint density at radius 1 is 1.08 bits per heavy atom. The zero-order chi connectivity index (χ0) is 25.5. The average Bonchev–Trinajstić information content (AvgIpc) is 3.21. The van der Waals surface area contributed by atoms with Crippen LogP contribution < -0.4 is 15.5 Å². The molecular formula is C27H30N4O5. The fourth-order valence-electron chi connectivity index (χ4n) is 3.97. The lowest BCUT2D eigenvalue weighted by Crippen LogP contribution is -2.36. The lowest BCUT2D eigenvalue weighted by molar-refractivity contribution is 0.0526. The minimum absolute atomic E-state index is 0.0762. The summed E-state index contributed by atoms with van der Waals surface area (Å²) < 4.78 is 15.8. The van der Waals surface area contributed by atoms with Gasteiger partial charge in [-0.25, -0.2) is 19.6 Å². The first-order chi connectivity index (χ1) is 17.5. The molecule has 0 saturated heterocycles. The van der Waals surface area contributed by atoms with Gasteiger partial charge in [0, 0.05) is 24.2 Å². The van der Waals surface area contributed by atoms with Crippen LogP contribution >= 0.6 is 0 Å². The van der Waals surface area contributed by atoms with Gasteiger partial charge in [0.1, 0.15) is 18.2 Å². The molecule has 0 spiro atoms. The van der Waals surface area contributed by atoms with Gasteiger partial charge in [0.15, 0.2) is 0 Å². The lowest BCUT2D eigenvalue weighted by atomic mass is 10.0. The normalized spacial score (nSPS) is 14.5. The number of amides is 1. The number of hydrazine groups is 1. The molecule has 4 rings (SSSR count). The second-order valence-electron chi connectivity index (χ2n) is 8.24. The van der Waals surface area contributed by atoms with E-state index in [0.717, 1.165) is 16.7 Å². The van der Waals surface area contributed by atoms with E-state index >= 15 is 0 Å². The highest BCUT2D eigenvalue weighted by Gasteiger charge is 2.31. The molecule has 1 amide bonds. The van der Waals surface area contributed by atoms with E-state index in [-0.39, 0.29) is 19.3 Å². The average molecular weight is 491 g/mol. The van der Waals surface area contributed by atoms with Crippen molar-refractivity contribution in [2.75, 3.05) is 32.2 Å². The summed E-state index contributed by atoms with van der Waals surface area (Å²) in [5, 5.41) is 4.73. The Labute approximate surface area is 210 Å². The standard InChI is InChI=1S/C27H30N4O5/c1-4-35-26(32)23-16-22-18(2)31(15-14-28-27(33)36-17-19-8-6-5-7-9-19)30-25(22)29-24(23)20-10-12-21(34-3)13-11-20/h5-13,16,18H,4,14-15,17H2,1-3H3,(H,28,33)(H,29,30). The number of hydrogen-bond acceptors (Lipinski definition) is 8. The number of methoxy groups -OCH3 is 1. The van der Waals surface area contributed by atoms with Crippen molar-refractivity contribution in [1.82, 2.24) is 15.3 Å². The zero-order valence-electron chi connectivity index (χ0n) is 20.6. The van der Waals surface area contributed by atoms with Crippen molar-refractivity contribution < 1.29 is 23.8 Å². The highest BCUT2D eigenvalue weighted by Crippen LogP contribution is 2.37. The summed E-state index contributed by atoms with van der Waals surface area (Å²) in [4.78, 5) is 29.6. The smallest absolute Gasteiger partial charge is 0.407 e. The van der Waals surface area contributed by atoms with Crippen molar-refractivity contribution in [3.8, 4) is 17.0 Å². The van der Waals surface area contributed by atoms with Crippen LogP contribution in [0.25, 0.3) is 11.3 Å². The third-order valence-electron chi connectivity index (χ3n) is 5.91. The van der Waals surface area contributed by atoms with Crippen molar-refractivity contribution in [1.29, 1.82) is 0 Å². The fraction of sp³-hybridized carbons (Fsp3) is 0.296. The number of alkyl carbamates (subject to hydrolysis) is 1. The number of fused-ring (bicyclic) bond motifs is 1. The number of benzene rings is 2. The molecule has 36 heavy (non-hydrogen) atoms. The van der Waals surface area contributed by atoms with E-state index in [2.05, 4.69) is 10.7 Å². The second-order valence-corrected chi connectivity index (χ2v) is 8.24. The minimum Gasteiger partial charge on any atom is -0.497 e. The van der Waals surface area contributed by atoms with Crippen LogP contribution in [0, 0.1) is 0 Å². The van der Waals surface area contributed by atoms with Crippen molar-refractivity contribution in [3.05, 3.63) is 77.4 Å². The molecule has 188 valence electrons. The van der Waals surface area contributed by atoms with Gasteiger partial charge in [0.05, 0.1) is 31.0 Å². The Balaban J connectivity index is 1.43. The van der Waals surface area contributed by atoms with Gasteiger partial charge in [0.25, 0.3) is 0 Å². The highest BCUT2D eigenvalue weighted by atomic mass is 16.5. The van der Waals surface area contributed by atoms with E-state index in [1.807, 2.05) is 72.6 Å². The van der Waals surface area contributed by atoms with Gasteiger partial charge < -0.3 is 25.0 Å². The third-order valence-corrected chi connectivity index (χ3v) is 5.91. The summed E-state index contributed by atoms with van der Waals surface area (Å²) >= 11 is 0. The number of hydrogen-bond donors (Lipinski definition) is 2. The first kappa shape index (κ1) is 25.0. The molecule has 3 aromatic rings. The zero-order valence-corrected chi connectivity index (χ0v) is 20.6. The van der Waals surface area contributed by atoms with E-state index in [9.17, 15) is 9.59 Å². The Bertz CT molecular complexity index is 1200. The number of carbonyl (C=O) groups excluding carboxylic acids is 2. The van der Waals surface area contributed by atoms with Gasteiger partial charge in [-0.15, -0.1) is 0 Å². The fourth-order valence-corrected chi connectivity index (χ4v) is 3.97. The molecule has 1 aromatic heterocycles. The molecule has 2 heterocycles. The van der Waals surface area contributed by atoms with Gasteiger partial charge in [-0.1, -0.05) is 30.3 Å². The SMILES string of the molecule is CCOC(=O)c1cc2c(nc1-c1ccc(OC)cc1)NN(CCNC(=O)OCc1ccccc1)C2C. The molecule has 0 radical (unpaired) electrons. The Hall–Kier alpha value is -4.11. The number of carbonyl (C=O) groups is 2. The Morgan fingerprint density at radius 2 is 1.83 bits per heavy atom. The molecule has 0 fully saturated rings. The second kappa shape index (κ2) is 11.5. The molecule has 2 aromatic carbocycles. The molecule has 1 aliphatic heterocycles. The van der Waals surface area contributed by atoms with Crippen LogP contribution in [-0.4, -0.2) is 48.9 Å². The predicted molar refractivity (Wildman–Crippen MR) is 136 cm³/mol. The first-order valence-corrected chi connectivity index (χ1v) is 11.8. The van der Waals surface area contributed by atoms with Crippen LogP contribution in [0.15, 0.2) is 60.7 Å². The summed E-state index contributed by atoms with van der Waals surface area (Å²) in [5.74, 6) is 0.949. The van der Waals surface area contributed by atoms with E-state index in [1.165, 1.54) is 0 Å². The molecular weight excluding hydrogens is 460 g/mol. The van der Waals surface area contributed by atoms with Gasteiger partial charge >= 0.3 is 12.1 Å². The number of aromatic nitrogens is 1. The molecule has 0 aliphatic carbocycles. The van der Waals surface area contributed by atoms with Gasteiger partial charge in [0.2, 0.25) is 0 Å². The first-order valence-electron chi connectivity index (χ1n) is 11.8. The van der Waals surface area contributed by atoms with Crippen molar-refractivity contribution in [3.63, 3.8) is 0 Å². The van der Waals surface area contributed by atoms with Crippen LogP contribution in [0.2, 0.25) is 0 Å². The van der Waals surface area contributed by atoms with Crippen molar-refractivity contribution >= 4 is 17.9 Å². The number of pyridine rings is 1. The summed E-state index contributed by atoms with van der Waals surface area (Å²) in [6.45, 7) is 5.14. The Morgan fingerprint density at radius 3 is 2.53 bits per heavy atom. The van der Waals surface area contributed by atoms with Gasteiger partial charge in [-0.3, -0.25) is 0 Å². The van der Waals surface area contributed by atoms with E-state index in [4.69, 9.17) is 19.2 Å². The van der Waals surface area contributed by atoms with E-state index in [1.54, 1.807) is 14.0 Å². The summed E-state index contributed by atoms with van der Waals surface area (Å²) in [5.41, 5.74) is 6.81. The number of anilines is 1. The summed E-state index contributed by atoms with van der Waals surface area (Å²) in [6, 6.07) is 18.6. The van der Waals surface area contributed by atoms with Gasteiger partial charge in [-0.2, -0.15) is 0 Å². The van der Waals surface area contributed by atoms with Crippen LogP contribution in [0.3, 0.4) is 0 Å². The largest absolute Gasteiger partial charge is 0.497 e. The molecule has 1 aliphatic rings. The third kappa shape index (κ3) is 5.75. The maximum atomic E-state index is 12.8. The quantitative estimate of drug-likeness (QED) is 0.421. The van der Waals surface area contributed by atoms with E-state index < -0.39 is 12.1 Å². The summed E-state index contributed by atoms with van der Waals surface area (Å²) in [7, 11) is 1.60. The molecule has 9 nitrogen and oxygen atoms in total. The van der Waals surface area contributed by atoms with Crippen LogP contribution in [-0.2, 0) is 16.1 Å². The summed E-state index contributed by atoms with van der Waals surface area (Å²) in [6.07, 6.45) is -0.479. The molecule has 0 bridgehead atoms. The Kier molecular flexibility index (Phi) is 8.02. The van der Waals surface area contributed by atoms with E-state index in [0.29, 0.717) is 35.9 Å². The number of nitrogens with one attached hydrogen (secondary N) is 2. The molecule has 9 heteroatoms. The number of rotatable bonds is 9. The topological polar surface area (TPSA) is 102 Å². The predicted octanol–water partition coefficient (Wildman–Crippen LogP) is 4.56. The number of ether oxygens (including phenoxy) is 3. The number of nitrogens with zero attached hydrogens (tertiary/aromatic N) is 2. The molecule has 2 N–H and O–H groups in total. The maximum absolute atomic E-state index is 12.8. The van der Waals surface area contributed by atoms with Crippen LogP contribution in [0.4, 0.5) is 10.6 Å². The minimum atomic E-state index is -0.479. The number of esters is 1. The maximum Gasteiger partial charge on any atom is 0.407 e. The van der Waals surface area contributed by atoms with Crippen LogP contribution in [0.1, 0.15) is 41.4 Å². The molecule has 1 unspecified atom stereocenters. The lowest BCUT2D eigenvalue weighted by Gasteiger charge is -2.21. The van der Waals surface area contributed by atoms with Gasteiger partial charge in [-0.05, 0) is 49.7 Å². The van der Waals surface area contributed by atoms with Crippen LogP contribution in [0.5, 0.6) is 5.75 Å². The molecule has 1 atom stereocenters. The van der Waals surface area contributed by atoms with Crippen molar-refractivity contribution in [2.24, 2.45) is 0 Å². The molecule has 0 saturated carbocycles. The van der Waals surface area contributed by atoms with Crippen molar-refractivity contribution in [2.45, 2.75) is 26.5 Å². The monoisotopic (exact) mass is 490 g/mol. The highest BCUT2D eigenvalue weighted by molar-refractivity contribution is 5.97.